The highest BCUT2D eigenvalue weighted by atomic mass is 16.6. The number of rotatable bonds is 8. The van der Waals surface area contributed by atoms with Gasteiger partial charge in [0.2, 0.25) is 11.8 Å². The lowest BCUT2D eigenvalue weighted by atomic mass is 9.65. The third-order valence-corrected chi connectivity index (χ3v) is 8.28. The van der Waals surface area contributed by atoms with Gasteiger partial charge in [-0.1, -0.05) is 29.8 Å². The molecule has 2 aromatic carbocycles. The Morgan fingerprint density at radius 3 is 2.06 bits per heavy atom. The third kappa shape index (κ3) is 8.44. The van der Waals surface area contributed by atoms with Crippen molar-refractivity contribution >= 4 is 35.4 Å². The van der Waals surface area contributed by atoms with E-state index < -0.39 is 59.1 Å². The summed E-state index contributed by atoms with van der Waals surface area (Å²) in [6.45, 7) is 10.4. The summed E-state index contributed by atoms with van der Waals surface area (Å²) in [5.41, 5.74) is 15.6. The maximum atomic E-state index is 13.4. The molecule has 260 valence electrons. The lowest BCUT2D eigenvalue weighted by Crippen LogP contribution is -2.44. The van der Waals surface area contributed by atoms with E-state index in [9.17, 15) is 24.0 Å². The molecule has 2 aromatic rings. The Kier molecular flexibility index (Phi) is 9.85. The van der Waals surface area contributed by atoms with Gasteiger partial charge in [-0.2, -0.15) is 0 Å². The van der Waals surface area contributed by atoms with Gasteiger partial charge in [-0.05, 0) is 95.0 Å². The van der Waals surface area contributed by atoms with E-state index in [1.807, 2.05) is 30.3 Å². The summed E-state index contributed by atoms with van der Waals surface area (Å²) >= 11 is 0. The van der Waals surface area contributed by atoms with E-state index in [-0.39, 0.29) is 24.7 Å². The molecule has 5 atom stereocenters. The monoisotopic (exact) mass is 672 g/mol. The van der Waals surface area contributed by atoms with Gasteiger partial charge < -0.3 is 36.3 Å². The van der Waals surface area contributed by atoms with E-state index >= 15 is 0 Å². The van der Waals surface area contributed by atoms with E-state index in [2.05, 4.69) is 10.6 Å². The van der Waals surface area contributed by atoms with Crippen molar-refractivity contribution in [3.05, 3.63) is 88.1 Å². The van der Waals surface area contributed by atoms with Crippen molar-refractivity contribution in [1.29, 1.82) is 0 Å². The number of ether oxygens (including phenoxy) is 3. The Labute approximate surface area is 285 Å². The Morgan fingerprint density at radius 1 is 0.857 bits per heavy atom. The maximum Gasteiger partial charge on any atom is 0.339 e. The molecule has 0 bridgehead atoms. The summed E-state index contributed by atoms with van der Waals surface area (Å²) in [7, 11) is 0. The number of fused-ring (bicyclic) bond motifs is 4. The summed E-state index contributed by atoms with van der Waals surface area (Å²) < 4.78 is 16.6. The van der Waals surface area contributed by atoms with Crippen molar-refractivity contribution in [3.8, 4) is 0 Å². The minimum Gasteiger partial charge on any atom is -0.460 e. The van der Waals surface area contributed by atoms with Crippen LogP contribution < -0.4 is 22.1 Å². The van der Waals surface area contributed by atoms with Crippen LogP contribution in [0.3, 0.4) is 0 Å². The molecule has 6 N–H and O–H groups in total. The zero-order valence-electron chi connectivity index (χ0n) is 28.6. The van der Waals surface area contributed by atoms with Gasteiger partial charge in [0.25, 0.3) is 0 Å². The van der Waals surface area contributed by atoms with E-state index in [1.165, 1.54) is 0 Å². The normalized spacial score (nSPS) is 20.7. The molecule has 12 nitrogen and oxygen atoms in total. The van der Waals surface area contributed by atoms with Gasteiger partial charge in [-0.25, -0.2) is 4.79 Å². The number of benzene rings is 2. The molecule has 5 rings (SSSR count). The largest absolute Gasteiger partial charge is 0.460 e. The number of amides is 2. The predicted molar refractivity (Wildman–Crippen MR) is 181 cm³/mol. The van der Waals surface area contributed by atoms with Gasteiger partial charge in [-0.3, -0.25) is 19.2 Å². The molecule has 1 aliphatic heterocycles. The molecule has 0 spiro atoms. The number of anilines is 1. The molecule has 0 saturated heterocycles. The molecule has 2 aliphatic carbocycles. The zero-order valence-corrected chi connectivity index (χ0v) is 28.6. The minimum absolute atomic E-state index is 0.265. The van der Waals surface area contributed by atoms with Crippen LogP contribution in [-0.2, 0) is 39.8 Å². The molecule has 3 aliphatic rings. The van der Waals surface area contributed by atoms with Gasteiger partial charge in [0.1, 0.15) is 17.3 Å². The number of allylic oxidation sites excluding steroid dienone is 1. The molecule has 1 heterocycles. The standard InChI is InChI=1S/C37H44N4O8/c1-36(2,3)48-29(42)17-26(38)33(44)40-21-11-12-23-19(14-21)13-20-15-22(41-34(45)27(39)18-30(43)49-37(4,5)6)16-28-31(20)32(23)24-9-7-8-10-25(24)35(46)47-28/h7-12,14-16,26-28,31-32H,13,17-18,38-39H2,1-6H3,(H,40,44)(H,41,45)/t26-,27-,28?,31?,32?/m0/s1. The van der Waals surface area contributed by atoms with Crippen LogP contribution in [0.25, 0.3) is 0 Å². The Balaban J connectivity index is 1.42. The number of hydrogen-bond donors (Lipinski definition) is 4. The van der Waals surface area contributed by atoms with Gasteiger partial charge >= 0.3 is 17.9 Å². The minimum atomic E-state index is -1.17. The second kappa shape index (κ2) is 13.6. The summed E-state index contributed by atoms with van der Waals surface area (Å²) in [6, 6.07) is 10.6. The first-order valence-corrected chi connectivity index (χ1v) is 16.3. The van der Waals surface area contributed by atoms with Crippen LogP contribution in [0.15, 0.2) is 65.9 Å². The fourth-order valence-electron chi connectivity index (χ4n) is 6.43. The second-order valence-corrected chi connectivity index (χ2v) is 14.7. The molecular weight excluding hydrogens is 628 g/mol. The fraction of sp³-hybridized carbons (Fsp3) is 0.432. The Hall–Kier alpha value is -4.81. The number of carbonyl (C=O) groups is 5. The lowest BCUT2D eigenvalue weighted by molar-refractivity contribution is -0.156. The van der Waals surface area contributed by atoms with E-state index in [4.69, 9.17) is 25.7 Å². The first-order valence-electron chi connectivity index (χ1n) is 16.3. The molecule has 2 amide bonds. The average molecular weight is 673 g/mol. The van der Waals surface area contributed by atoms with Crippen molar-refractivity contribution in [2.75, 3.05) is 5.32 Å². The van der Waals surface area contributed by atoms with Crippen LogP contribution in [0, 0.1) is 5.92 Å². The van der Waals surface area contributed by atoms with E-state index in [1.54, 1.807) is 65.8 Å². The number of hydrogen-bond acceptors (Lipinski definition) is 10. The quantitative estimate of drug-likeness (QED) is 0.239. The molecular formula is C37H44N4O8. The summed E-state index contributed by atoms with van der Waals surface area (Å²) in [5, 5.41) is 5.61. The first kappa shape index (κ1) is 35.5. The van der Waals surface area contributed by atoms with Crippen molar-refractivity contribution in [1.82, 2.24) is 5.32 Å². The molecule has 0 aromatic heterocycles. The number of nitrogens with one attached hydrogen (secondary N) is 2. The van der Waals surface area contributed by atoms with Gasteiger partial charge in [0.05, 0.1) is 30.5 Å². The fourth-order valence-corrected chi connectivity index (χ4v) is 6.43. The first-order chi connectivity index (χ1) is 22.9. The van der Waals surface area contributed by atoms with Crippen molar-refractivity contribution < 1.29 is 38.2 Å². The van der Waals surface area contributed by atoms with Crippen LogP contribution in [-0.4, -0.2) is 59.1 Å². The third-order valence-electron chi connectivity index (χ3n) is 8.28. The molecule has 0 radical (unpaired) electrons. The van der Waals surface area contributed by atoms with Crippen molar-refractivity contribution in [2.45, 2.75) is 96.1 Å². The zero-order chi connectivity index (χ0) is 35.8. The lowest BCUT2D eigenvalue weighted by Gasteiger charge is -2.40. The summed E-state index contributed by atoms with van der Waals surface area (Å²) in [6.07, 6.45) is 2.68. The van der Waals surface area contributed by atoms with Crippen LogP contribution in [0.5, 0.6) is 0 Å². The molecule has 49 heavy (non-hydrogen) atoms. The van der Waals surface area contributed by atoms with E-state index in [0.717, 1.165) is 22.3 Å². The van der Waals surface area contributed by atoms with E-state index in [0.29, 0.717) is 23.4 Å². The molecule has 0 fully saturated rings. The van der Waals surface area contributed by atoms with Crippen molar-refractivity contribution in [2.24, 2.45) is 17.4 Å². The van der Waals surface area contributed by atoms with Crippen LogP contribution in [0.1, 0.15) is 87.4 Å². The second-order valence-electron chi connectivity index (χ2n) is 14.7. The Bertz CT molecular complexity index is 1750. The SMILES string of the molecule is CC(C)(C)OC(=O)C[C@H](N)C(=O)NC1=CC2OC(=O)c3ccccc3C3c4ccc(NC(=O)[C@@H](N)CC(=O)OC(C)(C)C)cc4CC(=C1)C23. The van der Waals surface area contributed by atoms with Crippen LogP contribution in [0.4, 0.5) is 5.69 Å². The summed E-state index contributed by atoms with van der Waals surface area (Å²) in [4.78, 5) is 64.0. The molecule has 0 saturated carbocycles. The topological polar surface area (TPSA) is 189 Å². The maximum absolute atomic E-state index is 13.4. The summed E-state index contributed by atoms with van der Waals surface area (Å²) in [5.74, 6) is -3.31. The van der Waals surface area contributed by atoms with Gasteiger partial charge in [-0.15, -0.1) is 0 Å². The van der Waals surface area contributed by atoms with Crippen LogP contribution >= 0.6 is 0 Å². The molecule has 12 heteroatoms. The Morgan fingerprint density at radius 2 is 1.45 bits per heavy atom. The highest BCUT2D eigenvalue weighted by molar-refractivity contribution is 5.97. The average Bonchev–Trinajstić information content (AvgIpc) is 3.09. The highest BCUT2D eigenvalue weighted by Crippen LogP contribution is 2.50. The number of nitrogens with two attached hydrogens (primary N) is 2. The highest BCUT2D eigenvalue weighted by Gasteiger charge is 2.45. The van der Waals surface area contributed by atoms with Gasteiger partial charge in [0.15, 0.2) is 0 Å². The predicted octanol–water partition coefficient (Wildman–Crippen LogP) is 3.53. The van der Waals surface area contributed by atoms with Crippen molar-refractivity contribution in [3.63, 3.8) is 0 Å². The smallest absolute Gasteiger partial charge is 0.339 e. The van der Waals surface area contributed by atoms with Crippen LogP contribution in [0.2, 0.25) is 0 Å². The van der Waals surface area contributed by atoms with Gasteiger partial charge in [0, 0.05) is 23.2 Å². The number of carbonyl (C=O) groups excluding carboxylic acids is 5. The number of esters is 3. The molecule has 3 unspecified atom stereocenters.